The minimum atomic E-state index is -0.148. The highest BCUT2D eigenvalue weighted by Gasteiger charge is 2.41. The number of methoxy groups -OCH3 is 1. The van der Waals surface area contributed by atoms with E-state index in [4.69, 9.17) is 0 Å². The van der Waals surface area contributed by atoms with Crippen LogP contribution in [0.1, 0.15) is 5.56 Å². The second-order valence-electron chi connectivity index (χ2n) is 3.53. The molecule has 1 aliphatic rings. The fourth-order valence-electron chi connectivity index (χ4n) is 1.50. The summed E-state index contributed by atoms with van der Waals surface area (Å²) in [5, 5.41) is 0. The smallest absolute Gasteiger partial charge is 0.330 e. The van der Waals surface area contributed by atoms with Crippen LogP contribution in [0.4, 0.5) is 5.69 Å². The molecule has 0 unspecified atom stereocenters. The summed E-state index contributed by atoms with van der Waals surface area (Å²) >= 11 is 0. The number of rotatable bonds is 2. The van der Waals surface area contributed by atoms with Crippen LogP contribution in [-0.2, 0) is 9.53 Å². The lowest BCUT2D eigenvalue weighted by Gasteiger charge is -2.04. The molecule has 0 spiro atoms. The number of benzene rings is 1. The molecule has 0 aromatic heterocycles. The summed E-state index contributed by atoms with van der Waals surface area (Å²) in [6.07, 6.45) is 0. The SMILES string of the molecule is COC(=O)[C@H]1CN1c1ccc(C)cc1. The van der Waals surface area contributed by atoms with Crippen molar-refractivity contribution >= 4 is 11.7 Å². The highest BCUT2D eigenvalue weighted by Crippen LogP contribution is 2.28. The lowest BCUT2D eigenvalue weighted by Crippen LogP contribution is -2.13. The van der Waals surface area contributed by atoms with Gasteiger partial charge in [0.1, 0.15) is 6.04 Å². The van der Waals surface area contributed by atoms with Crippen LogP contribution < -0.4 is 4.90 Å². The van der Waals surface area contributed by atoms with Crippen molar-refractivity contribution in [2.75, 3.05) is 18.6 Å². The van der Waals surface area contributed by atoms with Gasteiger partial charge in [0.25, 0.3) is 0 Å². The Labute approximate surface area is 83.3 Å². The Morgan fingerprint density at radius 1 is 1.43 bits per heavy atom. The van der Waals surface area contributed by atoms with E-state index in [0.717, 1.165) is 12.2 Å². The highest BCUT2D eigenvalue weighted by atomic mass is 16.5. The highest BCUT2D eigenvalue weighted by molar-refractivity contribution is 5.86. The van der Waals surface area contributed by atoms with Gasteiger partial charge >= 0.3 is 5.97 Å². The second kappa shape index (κ2) is 3.33. The monoisotopic (exact) mass is 191 g/mol. The van der Waals surface area contributed by atoms with Gasteiger partial charge < -0.3 is 9.64 Å². The lowest BCUT2D eigenvalue weighted by molar-refractivity contribution is -0.139. The zero-order chi connectivity index (χ0) is 10.1. The molecule has 1 aromatic carbocycles. The van der Waals surface area contributed by atoms with E-state index in [-0.39, 0.29) is 12.0 Å². The van der Waals surface area contributed by atoms with Crippen molar-refractivity contribution < 1.29 is 9.53 Å². The Morgan fingerprint density at radius 3 is 2.64 bits per heavy atom. The molecule has 3 heteroatoms. The quantitative estimate of drug-likeness (QED) is 0.522. The first-order chi connectivity index (χ1) is 6.72. The summed E-state index contributed by atoms with van der Waals surface area (Å²) in [4.78, 5) is 13.2. The van der Waals surface area contributed by atoms with E-state index in [0.29, 0.717) is 0 Å². The molecule has 0 N–H and O–H groups in total. The molecule has 74 valence electrons. The van der Waals surface area contributed by atoms with Crippen molar-refractivity contribution in [2.45, 2.75) is 13.0 Å². The third-order valence-corrected chi connectivity index (χ3v) is 2.45. The maximum atomic E-state index is 11.2. The number of esters is 1. The third kappa shape index (κ3) is 1.58. The van der Waals surface area contributed by atoms with Gasteiger partial charge in [-0.3, -0.25) is 0 Å². The topological polar surface area (TPSA) is 29.3 Å². The largest absolute Gasteiger partial charge is 0.467 e. The minimum absolute atomic E-state index is 0.0669. The van der Waals surface area contributed by atoms with Crippen LogP contribution >= 0.6 is 0 Å². The summed E-state index contributed by atoms with van der Waals surface area (Å²) in [6, 6.07) is 8.07. The number of nitrogens with zero attached hydrogens (tertiary/aromatic N) is 1. The van der Waals surface area contributed by atoms with Gasteiger partial charge in [0.15, 0.2) is 0 Å². The Kier molecular flexibility index (Phi) is 2.15. The van der Waals surface area contributed by atoms with Crippen molar-refractivity contribution in [3.63, 3.8) is 0 Å². The minimum Gasteiger partial charge on any atom is -0.467 e. The van der Waals surface area contributed by atoms with E-state index in [2.05, 4.69) is 4.74 Å². The predicted molar refractivity (Wildman–Crippen MR) is 54.3 cm³/mol. The average molecular weight is 191 g/mol. The molecule has 0 amide bonds. The van der Waals surface area contributed by atoms with Crippen LogP contribution in [0.15, 0.2) is 24.3 Å². The average Bonchev–Trinajstić information content (AvgIpc) is 2.98. The summed E-state index contributed by atoms with van der Waals surface area (Å²) in [6.45, 7) is 2.82. The van der Waals surface area contributed by atoms with Crippen molar-refractivity contribution in [1.82, 2.24) is 0 Å². The van der Waals surface area contributed by atoms with Gasteiger partial charge in [-0.2, -0.15) is 0 Å². The van der Waals surface area contributed by atoms with Crippen LogP contribution in [0.5, 0.6) is 0 Å². The maximum absolute atomic E-state index is 11.2. The maximum Gasteiger partial charge on any atom is 0.330 e. The van der Waals surface area contributed by atoms with Crippen molar-refractivity contribution in [3.8, 4) is 0 Å². The van der Waals surface area contributed by atoms with Gasteiger partial charge in [-0.1, -0.05) is 17.7 Å². The molecule has 1 aliphatic heterocycles. The van der Waals surface area contributed by atoms with Crippen LogP contribution in [0.3, 0.4) is 0 Å². The number of carbonyl (C=O) groups excluding carboxylic acids is 1. The zero-order valence-corrected chi connectivity index (χ0v) is 8.36. The fraction of sp³-hybridized carbons (Fsp3) is 0.364. The van der Waals surface area contributed by atoms with E-state index in [1.807, 2.05) is 36.1 Å². The van der Waals surface area contributed by atoms with E-state index < -0.39 is 0 Å². The fourth-order valence-corrected chi connectivity index (χ4v) is 1.50. The summed E-state index contributed by atoms with van der Waals surface area (Å²) < 4.78 is 4.67. The molecule has 0 saturated carbocycles. The van der Waals surface area contributed by atoms with Crippen molar-refractivity contribution in [3.05, 3.63) is 29.8 Å². The van der Waals surface area contributed by atoms with Gasteiger partial charge in [0, 0.05) is 5.69 Å². The van der Waals surface area contributed by atoms with Crippen molar-refractivity contribution in [2.24, 2.45) is 0 Å². The molecule has 1 fully saturated rings. The second-order valence-corrected chi connectivity index (χ2v) is 3.53. The zero-order valence-electron chi connectivity index (χ0n) is 8.36. The van der Waals surface area contributed by atoms with Gasteiger partial charge in [-0.15, -0.1) is 0 Å². The molecular formula is C11H13NO2. The van der Waals surface area contributed by atoms with E-state index in [1.165, 1.54) is 12.7 Å². The molecular weight excluding hydrogens is 178 g/mol. The Bertz CT molecular complexity index is 345. The Morgan fingerprint density at radius 2 is 2.07 bits per heavy atom. The van der Waals surface area contributed by atoms with E-state index in [9.17, 15) is 4.79 Å². The molecule has 1 heterocycles. The van der Waals surface area contributed by atoms with Gasteiger partial charge in [-0.25, -0.2) is 4.79 Å². The van der Waals surface area contributed by atoms with Crippen LogP contribution in [-0.4, -0.2) is 25.7 Å². The summed E-state index contributed by atoms with van der Waals surface area (Å²) in [7, 11) is 1.42. The van der Waals surface area contributed by atoms with Crippen LogP contribution in [0, 0.1) is 6.92 Å². The van der Waals surface area contributed by atoms with Crippen LogP contribution in [0.2, 0.25) is 0 Å². The number of anilines is 1. The number of hydrogen-bond acceptors (Lipinski definition) is 3. The first-order valence-electron chi connectivity index (χ1n) is 4.63. The first-order valence-corrected chi connectivity index (χ1v) is 4.63. The molecule has 1 atom stereocenters. The first kappa shape index (κ1) is 9.06. The number of ether oxygens (including phenoxy) is 1. The standard InChI is InChI=1S/C11H13NO2/c1-8-3-5-9(6-4-8)12-7-10(12)11(13)14-2/h3-6,10H,7H2,1-2H3/t10-,12?/m1/s1. The van der Waals surface area contributed by atoms with Crippen molar-refractivity contribution in [1.29, 1.82) is 0 Å². The summed E-state index contributed by atoms with van der Waals surface area (Å²) in [5.74, 6) is -0.148. The number of hydrogen-bond donors (Lipinski definition) is 0. The normalized spacial score (nSPS) is 19.3. The Hall–Kier alpha value is -1.51. The predicted octanol–water partition coefficient (Wildman–Crippen LogP) is 1.36. The lowest BCUT2D eigenvalue weighted by atomic mass is 10.2. The van der Waals surface area contributed by atoms with Gasteiger partial charge in [-0.05, 0) is 19.1 Å². The summed E-state index contributed by atoms with van der Waals surface area (Å²) in [5.41, 5.74) is 2.32. The molecule has 1 aromatic rings. The molecule has 0 radical (unpaired) electrons. The Balaban J connectivity index is 2.06. The molecule has 1 saturated heterocycles. The molecule has 2 rings (SSSR count). The van der Waals surface area contributed by atoms with E-state index in [1.54, 1.807) is 0 Å². The molecule has 3 nitrogen and oxygen atoms in total. The number of aryl methyl sites for hydroxylation is 1. The van der Waals surface area contributed by atoms with E-state index >= 15 is 0 Å². The van der Waals surface area contributed by atoms with Gasteiger partial charge in [0.2, 0.25) is 0 Å². The van der Waals surface area contributed by atoms with Gasteiger partial charge in [0.05, 0.1) is 13.7 Å². The molecule has 0 aliphatic carbocycles. The molecule has 0 bridgehead atoms. The number of carbonyl (C=O) groups is 1. The van der Waals surface area contributed by atoms with Crippen LogP contribution in [0.25, 0.3) is 0 Å². The third-order valence-electron chi connectivity index (χ3n) is 2.45. The molecule has 14 heavy (non-hydrogen) atoms.